The standard InChI is InChI=1S/C19H21N5O/c1-25-17-10-8-15(9-11-17)13-24-19(20-21-22-24)14-23-12-4-6-16-5-2-3-7-18(16)23/h2-3,5,7-11H,4,6,12-14H2,1H3. The molecule has 0 atom stereocenters. The molecule has 0 saturated carbocycles. The van der Waals surface area contributed by atoms with Crippen LogP contribution in [0, 0.1) is 0 Å². The molecule has 3 aromatic rings. The molecule has 4 rings (SSSR count). The van der Waals surface area contributed by atoms with Gasteiger partial charge >= 0.3 is 0 Å². The fourth-order valence-electron chi connectivity index (χ4n) is 3.31. The van der Waals surface area contributed by atoms with Crippen molar-refractivity contribution in [3.8, 4) is 5.75 Å². The normalized spacial score (nSPS) is 13.6. The minimum absolute atomic E-state index is 0.655. The van der Waals surface area contributed by atoms with Gasteiger partial charge < -0.3 is 9.64 Å². The maximum atomic E-state index is 5.21. The molecule has 0 aliphatic carbocycles. The van der Waals surface area contributed by atoms with Crippen molar-refractivity contribution in [2.45, 2.75) is 25.9 Å². The third-order valence-corrected chi connectivity index (χ3v) is 4.64. The van der Waals surface area contributed by atoms with Crippen molar-refractivity contribution in [2.24, 2.45) is 0 Å². The van der Waals surface area contributed by atoms with E-state index in [0.717, 1.165) is 43.1 Å². The number of para-hydroxylation sites is 1. The summed E-state index contributed by atoms with van der Waals surface area (Å²) in [4.78, 5) is 2.37. The van der Waals surface area contributed by atoms with Crippen LogP contribution in [0.15, 0.2) is 48.5 Å². The highest BCUT2D eigenvalue weighted by Gasteiger charge is 2.19. The summed E-state index contributed by atoms with van der Waals surface area (Å²) >= 11 is 0. The van der Waals surface area contributed by atoms with Crippen LogP contribution in [0.25, 0.3) is 0 Å². The van der Waals surface area contributed by atoms with Gasteiger partial charge in [0.1, 0.15) is 5.75 Å². The van der Waals surface area contributed by atoms with E-state index in [9.17, 15) is 0 Å². The Labute approximate surface area is 147 Å². The van der Waals surface area contributed by atoms with Crippen LogP contribution in [0.2, 0.25) is 0 Å². The van der Waals surface area contributed by atoms with Crippen molar-refractivity contribution in [2.75, 3.05) is 18.6 Å². The number of ether oxygens (including phenoxy) is 1. The Kier molecular flexibility index (Phi) is 4.33. The third-order valence-electron chi connectivity index (χ3n) is 4.64. The van der Waals surface area contributed by atoms with E-state index in [0.29, 0.717) is 6.54 Å². The first-order chi connectivity index (χ1) is 12.3. The molecule has 6 heteroatoms. The number of methoxy groups -OCH3 is 1. The molecule has 0 fully saturated rings. The number of aromatic nitrogens is 4. The van der Waals surface area contributed by atoms with Gasteiger partial charge in [-0.25, -0.2) is 4.68 Å². The van der Waals surface area contributed by atoms with Crippen molar-refractivity contribution in [1.29, 1.82) is 0 Å². The van der Waals surface area contributed by atoms with Crippen molar-refractivity contribution >= 4 is 5.69 Å². The summed E-state index contributed by atoms with van der Waals surface area (Å²) in [6, 6.07) is 16.6. The van der Waals surface area contributed by atoms with Crippen LogP contribution in [-0.2, 0) is 19.5 Å². The second kappa shape index (κ2) is 6.93. The maximum Gasteiger partial charge on any atom is 0.170 e. The second-order valence-electron chi connectivity index (χ2n) is 6.25. The van der Waals surface area contributed by atoms with Crippen molar-refractivity contribution in [3.63, 3.8) is 0 Å². The molecule has 0 bridgehead atoms. The highest BCUT2D eigenvalue weighted by atomic mass is 16.5. The summed E-state index contributed by atoms with van der Waals surface area (Å²) in [5, 5.41) is 12.3. The molecule has 6 nitrogen and oxygen atoms in total. The molecule has 0 amide bonds. The number of hydrogen-bond donors (Lipinski definition) is 0. The van der Waals surface area contributed by atoms with Crippen molar-refractivity contribution < 1.29 is 4.74 Å². The zero-order valence-electron chi connectivity index (χ0n) is 14.3. The van der Waals surface area contributed by atoms with Gasteiger partial charge in [0, 0.05) is 12.2 Å². The van der Waals surface area contributed by atoms with E-state index in [1.165, 1.54) is 11.3 Å². The summed E-state index contributed by atoms with van der Waals surface area (Å²) in [6.07, 6.45) is 2.31. The van der Waals surface area contributed by atoms with Gasteiger partial charge in [-0.1, -0.05) is 30.3 Å². The number of tetrazole rings is 1. The van der Waals surface area contributed by atoms with Crippen LogP contribution in [-0.4, -0.2) is 33.9 Å². The largest absolute Gasteiger partial charge is 0.497 e. The SMILES string of the molecule is COc1ccc(Cn2nnnc2CN2CCCc3ccccc32)cc1. The van der Waals surface area contributed by atoms with Gasteiger partial charge in [-0.3, -0.25) is 0 Å². The van der Waals surface area contributed by atoms with Crippen LogP contribution >= 0.6 is 0 Å². The Morgan fingerprint density at radius 3 is 2.72 bits per heavy atom. The average molecular weight is 335 g/mol. The lowest BCUT2D eigenvalue weighted by Crippen LogP contribution is -2.30. The minimum atomic E-state index is 0.655. The zero-order chi connectivity index (χ0) is 17.1. The van der Waals surface area contributed by atoms with Crippen LogP contribution in [0.5, 0.6) is 5.75 Å². The number of nitrogens with zero attached hydrogens (tertiary/aromatic N) is 5. The molecule has 0 radical (unpaired) electrons. The summed E-state index contributed by atoms with van der Waals surface area (Å²) < 4.78 is 7.08. The Hall–Kier alpha value is -2.89. The minimum Gasteiger partial charge on any atom is -0.497 e. The lowest BCUT2D eigenvalue weighted by molar-refractivity contribution is 0.414. The number of anilines is 1. The number of rotatable bonds is 5. The smallest absolute Gasteiger partial charge is 0.170 e. The molecule has 2 heterocycles. The highest BCUT2D eigenvalue weighted by Crippen LogP contribution is 2.27. The Bertz CT molecular complexity index is 843. The van der Waals surface area contributed by atoms with Gasteiger partial charge in [-0.2, -0.15) is 0 Å². The van der Waals surface area contributed by atoms with Crippen molar-refractivity contribution in [1.82, 2.24) is 20.2 Å². The van der Waals surface area contributed by atoms with E-state index < -0.39 is 0 Å². The van der Waals surface area contributed by atoms with E-state index >= 15 is 0 Å². The van der Waals surface area contributed by atoms with Gasteiger partial charge in [0.2, 0.25) is 0 Å². The van der Waals surface area contributed by atoms with Gasteiger partial charge in [0.25, 0.3) is 0 Å². The second-order valence-corrected chi connectivity index (χ2v) is 6.25. The first kappa shape index (κ1) is 15.6. The lowest BCUT2D eigenvalue weighted by Gasteiger charge is -2.30. The summed E-state index contributed by atoms with van der Waals surface area (Å²) in [6.45, 7) is 2.41. The lowest BCUT2D eigenvalue weighted by atomic mass is 10.0. The van der Waals surface area contributed by atoms with E-state index in [-0.39, 0.29) is 0 Å². The predicted octanol–water partition coefficient (Wildman–Crippen LogP) is 2.68. The van der Waals surface area contributed by atoms with Crippen molar-refractivity contribution in [3.05, 3.63) is 65.5 Å². The first-order valence-corrected chi connectivity index (χ1v) is 8.54. The summed E-state index contributed by atoms with van der Waals surface area (Å²) in [5.74, 6) is 1.73. The molecular formula is C19H21N5O. The number of hydrogen-bond acceptors (Lipinski definition) is 5. The monoisotopic (exact) mass is 335 g/mol. The van der Waals surface area contributed by atoms with Crippen LogP contribution < -0.4 is 9.64 Å². The fraction of sp³-hybridized carbons (Fsp3) is 0.316. The quantitative estimate of drug-likeness (QED) is 0.717. The number of aryl methyl sites for hydroxylation is 1. The van der Waals surface area contributed by atoms with Gasteiger partial charge in [-0.05, 0) is 52.6 Å². The molecule has 0 spiro atoms. The van der Waals surface area contributed by atoms with E-state index in [4.69, 9.17) is 4.74 Å². The zero-order valence-corrected chi connectivity index (χ0v) is 14.3. The van der Waals surface area contributed by atoms with Gasteiger partial charge in [0.15, 0.2) is 5.82 Å². The predicted molar refractivity (Wildman–Crippen MR) is 95.7 cm³/mol. The van der Waals surface area contributed by atoms with Gasteiger partial charge in [-0.15, -0.1) is 5.10 Å². The molecule has 0 saturated heterocycles. The molecule has 1 aromatic heterocycles. The molecule has 1 aliphatic rings. The topological polar surface area (TPSA) is 56.1 Å². The van der Waals surface area contributed by atoms with E-state index in [2.05, 4.69) is 44.7 Å². The molecule has 2 aromatic carbocycles. The summed E-state index contributed by atoms with van der Waals surface area (Å²) in [5.41, 5.74) is 3.85. The molecule has 1 aliphatic heterocycles. The van der Waals surface area contributed by atoms with E-state index in [1.807, 2.05) is 28.9 Å². The molecule has 0 unspecified atom stereocenters. The summed E-state index contributed by atoms with van der Waals surface area (Å²) in [7, 11) is 1.67. The highest BCUT2D eigenvalue weighted by molar-refractivity contribution is 5.55. The number of fused-ring (bicyclic) bond motifs is 1. The Morgan fingerprint density at radius 1 is 1.04 bits per heavy atom. The average Bonchev–Trinajstić information content (AvgIpc) is 3.09. The molecular weight excluding hydrogens is 314 g/mol. The van der Waals surface area contributed by atoms with Crippen LogP contribution in [0.1, 0.15) is 23.4 Å². The number of benzene rings is 2. The third kappa shape index (κ3) is 3.33. The van der Waals surface area contributed by atoms with Crippen LogP contribution in [0.3, 0.4) is 0 Å². The Balaban J connectivity index is 1.52. The molecule has 25 heavy (non-hydrogen) atoms. The van der Waals surface area contributed by atoms with Gasteiger partial charge in [0.05, 0.1) is 20.2 Å². The molecule has 128 valence electrons. The maximum absolute atomic E-state index is 5.21. The fourth-order valence-corrected chi connectivity index (χ4v) is 3.31. The molecule has 0 N–H and O–H groups in total. The van der Waals surface area contributed by atoms with E-state index in [1.54, 1.807) is 7.11 Å². The first-order valence-electron chi connectivity index (χ1n) is 8.54. The Morgan fingerprint density at radius 2 is 1.88 bits per heavy atom. The van der Waals surface area contributed by atoms with Crippen LogP contribution in [0.4, 0.5) is 5.69 Å².